The van der Waals surface area contributed by atoms with Gasteiger partial charge in [-0.3, -0.25) is 0 Å². The zero-order valence-corrected chi connectivity index (χ0v) is 17.0. The van der Waals surface area contributed by atoms with E-state index in [2.05, 4.69) is 20.2 Å². The lowest BCUT2D eigenvalue weighted by molar-refractivity contribution is -0.192. The number of alkyl halides is 3. The molecule has 0 spiro atoms. The second-order valence-electron chi connectivity index (χ2n) is 8.08. The zero-order chi connectivity index (χ0) is 21.6. The molecule has 168 valence electrons. The predicted octanol–water partition coefficient (Wildman–Crippen LogP) is 2.90. The van der Waals surface area contributed by atoms with Gasteiger partial charge in [-0.25, -0.2) is 14.8 Å². The first kappa shape index (κ1) is 22.7. The number of nitrogens with zero attached hydrogens (tertiary/aromatic N) is 3. The van der Waals surface area contributed by atoms with Gasteiger partial charge in [-0.05, 0) is 44.4 Å². The topological polar surface area (TPSA) is 87.6 Å². The maximum atomic E-state index is 10.6. The first-order valence-electron chi connectivity index (χ1n) is 10.5. The molecule has 0 aromatic carbocycles. The van der Waals surface area contributed by atoms with E-state index in [0.29, 0.717) is 6.04 Å². The molecule has 2 N–H and O–H groups in total. The number of carboxylic acids is 1. The molecule has 4 rings (SSSR count). The van der Waals surface area contributed by atoms with E-state index in [1.165, 1.54) is 49.9 Å². The molecule has 0 atom stereocenters. The second-order valence-corrected chi connectivity index (χ2v) is 8.08. The molecule has 3 heterocycles. The van der Waals surface area contributed by atoms with Crippen molar-refractivity contribution in [2.24, 2.45) is 5.92 Å². The van der Waals surface area contributed by atoms with Crippen LogP contribution in [0.4, 0.5) is 19.0 Å². The third kappa shape index (κ3) is 6.53. The van der Waals surface area contributed by atoms with Crippen molar-refractivity contribution in [3.8, 4) is 0 Å². The lowest BCUT2D eigenvalue weighted by atomic mass is 9.93. The normalized spacial score (nSPS) is 20.9. The van der Waals surface area contributed by atoms with Crippen LogP contribution in [-0.4, -0.2) is 71.0 Å². The summed E-state index contributed by atoms with van der Waals surface area (Å²) in [5, 5.41) is 10.8. The molecule has 1 saturated heterocycles. The molecular formula is C20H29F3N4O3. The van der Waals surface area contributed by atoms with E-state index in [4.69, 9.17) is 14.6 Å². The van der Waals surface area contributed by atoms with Gasteiger partial charge < -0.3 is 20.1 Å². The molecule has 7 nitrogen and oxygen atoms in total. The van der Waals surface area contributed by atoms with Gasteiger partial charge in [0.2, 0.25) is 0 Å². The first-order chi connectivity index (χ1) is 14.3. The van der Waals surface area contributed by atoms with Gasteiger partial charge in [-0.1, -0.05) is 0 Å². The van der Waals surface area contributed by atoms with Crippen molar-refractivity contribution in [2.75, 3.05) is 38.2 Å². The Morgan fingerprint density at radius 2 is 1.83 bits per heavy atom. The second kappa shape index (κ2) is 10.4. The summed E-state index contributed by atoms with van der Waals surface area (Å²) in [4.78, 5) is 20.6. The zero-order valence-electron chi connectivity index (χ0n) is 17.0. The van der Waals surface area contributed by atoms with Crippen LogP contribution in [0.25, 0.3) is 0 Å². The minimum absolute atomic E-state index is 0.635. The van der Waals surface area contributed by atoms with E-state index in [9.17, 15) is 13.2 Å². The molecule has 1 aliphatic carbocycles. The van der Waals surface area contributed by atoms with Gasteiger partial charge >= 0.3 is 12.1 Å². The van der Waals surface area contributed by atoms with Crippen molar-refractivity contribution >= 4 is 11.8 Å². The lowest BCUT2D eigenvalue weighted by Gasteiger charge is -2.29. The monoisotopic (exact) mass is 430 g/mol. The summed E-state index contributed by atoms with van der Waals surface area (Å²) in [5.74, 6) is -0.844. The highest BCUT2D eigenvalue weighted by Gasteiger charge is 2.38. The molecule has 1 aromatic heterocycles. The molecular weight excluding hydrogens is 401 g/mol. The number of fused-ring (bicyclic) bond motifs is 1. The lowest BCUT2D eigenvalue weighted by Crippen LogP contribution is -2.34. The summed E-state index contributed by atoms with van der Waals surface area (Å²) in [6.45, 7) is 5.37. The summed E-state index contributed by atoms with van der Waals surface area (Å²) in [6.07, 6.45) is 5.16. The van der Waals surface area contributed by atoms with E-state index in [1.807, 2.05) is 0 Å². The highest BCUT2D eigenvalue weighted by molar-refractivity contribution is 5.73. The minimum atomic E-state index is -5.08. The fraction of sp³-hybridized carbons (Fsp3) is 0.750. The van der Waals surface area contributed by atoms with E-state index in [1.54, 1.807) is 6.33 Å². The maximum absolute atomic E-state index is 10.6. The third-order valence-electron chi connectivity index (χ3n) is 5.92. The number of hydrogen-bond donors (Lipinski definition) is 2. The van der Waals surface area contributed by atoms with Crippen LogP contribution in [0, 0.1) is 5.92 Å². The standard InChI is InChI=1S/C18H28N4O.C2HF3O2/c1-2-15(3-1)21-18-16-4-8-22(9-5-17(16)19-13-20-18)12-14-6-10-23-11-7-14;3-2(4,5)1(6)7/h13-15H,1-12H2,(H,19,20,21);(H,6,7). The van der Waals surface area contributed by atoms with Crippen LogP contribution in [0.2, 0.25) is 0 Å². The largest absolute Gasteiger partial charge is 0.490 e. The van der Waals surface area contributed by atoms with Crippen molar-refractivity contribution < 1.29 is 27.8 Å². The maximum Gasteiger partial charge on any atom is 0.490 e. The van der Waals surface area contributed by atoms with E-state index in [-0.39, 0.29) is 0 Å². The molecule has 3 aliphatic rings. The van der Waals surface area contributed by atoms with E-state index in [0.717, 1.165) is 50.9 Å². The highest BCUT2D eigenvalue weighted by atomic mass is 19.4. The van der Waals surface area contributed by atoms with Gasteiger partial charge in [-0.15, -0.1) is 0 Å². The Morgan fingerprint density at radius 1 is 1.17 bits per heavy atom. The van der Waals surface area contributed by atoms with E-state index < -0.39 is 12.1 Å². The van der Waals surface area contributed by atoms with Gasteiger partial charge in [0.25, 0.3) is 0 Å². The number of carboxylic acid groups (broad SMARTS) is 1. The summed E-state index contributed by atoms with van der Waals surface area (Å²) < 4.78 is 37.2. The van der Waals surface area contributed by atoms with Gasteiger partial charge in [0.15, 0.2) is 0 Å². The molecule has 1 aromatic rings. The molecule has 2 fully saturated rings. The van der Waals surface area contributed by atoms with Gasteiger partial charge in [-0.2, -0.15) is 13.2 Å². The number of rotatable bonds is 4. The number of ether oxygens (including phenoxy) is 1. The fourth-order valence-corrected chi connectivity index (χ4v) is 3.92. The number of aliphatic carboxylic acids is 1. The Bertz CT molecular complexity index is 707. The van der Waals surface area contributed by atoms with Crippen LogP contribution < -0.4 is 5.32 Å². The molecule has 0 radical (unpaired) electrons. The summed E-state index contributed by atoms with van der Waals surface area (Å²) in [7, 11) is 0. The van der Waals surface area contributed by atoms with Crippen LogP contribution >= 0.6 is 0 Å². The van der Waals surface area contributed by atoms with Crippen molar-refractivity contribution in [3.05, 3.63) is 17.6 Å². The van der Waals surface area contributed by atoms with Crippen molar-refractivity contribution in [3.63, 3.8) is 0 Å². The number of aromatic nitrogens is 2. The SMILES string of the molecule is O=C(O)C(F)(F)F.c1nc2c(c(NC3CCC3)n1)CCN(CC1CCOCC1)CC2. The van der Waals surface area contributed by atoms with Crippen LogP contribution in [0.15, 0.2) is 6.33 Å². The number of halogens is 3. The Morgan fingerprint density at radius 3 is 2.43 bits per heavy atom. The number of nitrogens with one attached hydrogen (secondary N) is 1. The van der Waals surface area contributed by atoms with Crippen molar-refractivity contribution in [1.29, 1.82) is 0 Å². The Balaban J connectivity index is 0.000000318. The Labute approximate surface area is 174 Å². The third-order valence-corrected chi connectivity index (χ3v) is 5.92. The van der Waals surface area contributed by atoms with Crippen LogP contribution in [-0.2, 0) is 22.4 Å². The average Bonchev–Trinajstić information content (AvgIpc) is 2.88. The number of carbonyl (C=O) groups is 1. The van der Waals surface area contributed by atoms with Crippen molar-refractivity contribution in [2.45, 2.75) is 57.2 Å². The summed E-state index contributed by atoms with van der Waals surface area (Å²) in [5.41, 5.74) is 2.63. The van der Waals surface area contributed by atoms with Crippen molar-refractivity contribution in [1.82, 2.24) is 14.9 Å². The smallest absolute Gasteiger partial charge is 0.475 e. The summed E-state index contributed by atoms with van der Waals surface area (Å²) >= 11 is 0. The van der Waals surface area contributed by atoms with Gasteiger partial charge in [0, 0.05) is 50.9 Å². The van der Waals surface area contributed by atoms with Crippen LogP contribution in [0.1, 0.15) is 43.4 Å². The molecule has 10 heteroatoms. The molecule has 2 aliphatic heterocycles. The molecule has 0 unspecified atom stereocenters. The fourth-order valence-electron chi connectivity index (χ4n) is 3.92. The van der Waals surface area contributed by atoms with Crippen LogP contribution in [0.3, 0.4) is 0 Å². The molecule has 0 bridgehead atoms. The predicted molar refractivity (Wildman–Crippen MR) is 104 cm³/mol. The Hall–Kier alpha value is -1.94. The highest BCUT2D eigenvalue weighted by Crippen LogP contribution is 2.27. The first-order valence-corrected chi connectivity index (χ1v) is 10.5. The van der Waals surface area contributed by atoms with E-state index >= 15 is 0 Å². The molecule has 30 heavy (non-hydrogen) atoms. The molecule has 1 saturated carbocycles. The van der Waals surface area contributed by atoms with Gasteiger partial charge in [0.05, 0.1) is 5.69 Å². The molecule has 0 amide bonds. The number of hydrogen-bond acceptors (Lipinski definition) is 6. The van der Waals surface area contributed by atoms with Crippen LogP contribution in [0.5, 0.6) is 0 Å². The Kier molecular flexibility index (Phi) is 7.87. The average molecular weight is 430 g/mol. The minimum Gasteiger partial charge on any atom is -0.475 e. The van der Waals surface area contributed by atoms with Gasteiger partial charge in [0.1, 0.15) is 12.1 Å². The number of anilines is 1. The quantitative estimate of drug-likeness (QED) is 0.759. The summed E-state index contributed by atoms with van der Waals surface area (Å²) in [6, 6.07) is 0.635.